The maximum Gasteiger partial charge on any atom is 0.276 e. The van der Waals surface area contributed by atoms with Gasteiger partial charge in [0.2, 0.25) is 0 Å². The van der Waals surface area contributed by atoms with E-state index in [1.54, 1.807) is 36.5 Å². The van der Waals surface area contributed by atoms with Crippen LogP contribution in [0.15, 0.2) is 80.9 Å². The molecule has 0 saturated carbocycles. The average Bonchev–Trinajstić information content (AvgIpc) is 3.22. The van der Waals surface area contributed by atoms with Crippen molar-refractivity contribution < 1.29 is 4.39 Å². The Labute approximate surface area is 177 Å². The van der Waals surface area contributed by atoms with Crippen LogP contribution in [0.2, 0.25) is 0 Å². The molecule has 0 N–H and O–H groups in total. The third-order valence-electron chi connectivity index (χ3n) is 4.51. The monoisotopic (exact) mass is 436 g/mol. The Morgan fingerprint density at radius 3 is 2.70 bits per heavy atom. The minimum atomic E-state index is -0.382. The van der Waals surface area contributed by atoms with Crippen molar-refractivity contribution in [3.63, 3.8) is 0 Å². The standard InChI is InChI=1S/C21H13FN4O2S2/c22-13-4-6-15(7-5-13)26-20(28)19-16(8-10-29-19)24-21(26)30-12-14-11-18(27)25-9-2-1-3-17(25)23-14/h1-11H,12H2. The second-order valence-corrected chi connectivity index (χ2v) is 8.31. The summed E-state index contributed by atoms with van der Waals surface area (Å²) in [6, 6.07) is 14.3. The Balaban J connectivity index is 1.59. The lowest BCUT2D eigenvalue weighted by molar-refractivity contribution is 0.627. The van der Waals surface area contributed by atoms with Gasteiger partial charge in [0.15, 0.2) is 5.16 Å². The normalized spacial score (nSPS) is 11.4. The van der Waals surface area contributed by atoms with E-state index >= 15 is 0 Å². The van der Waals surface area contributed by atoms with E-state index in [9.17, 15) is 14.0 Å². The molecule has 0 aliphatic carbocycles. The van der Waals surface area contributed by atoms with Gasteiger partial charge in [-0.3, -0.25) is 18.6 Å². The number of halogens is 1. The maximum atomic E-state index is 13.4. The van der Waals surface area contributed by atoms with Crippen LogP contribution in [0, 0.1) is 5.82 Å². The molecule has 6 nitrogen and oxygen atoms in total. The second-order valence-electron chi connectivity index (χ2n) is 6.45. The number of benzene rings is 1. The quantitative estimate of drug-likeness (QED) is 0.316. The molecule has 0 unspecified atom stereocenters. The summed E-state index contributed by atoms with van der Waals surface area (Å²) in [6.07, 6.45) is 1.67. The highest BCUT2D eigenvalue weighted by atomic mass is 32.2. The molecular weight excluding hydrogens is 423 g/mol. The number of rotatable bonds is 4. The zero-order valence-corrected chi connectivity index (χ0v) is 17.0. The van der Waals surface area contributed by atoms with Gasteiger partial charge in [0, 0.05) is 18.0 Å². The molecule has 30 heavy (non-hydrogen) atoms. The van der Waals surface area contributed by atoms with E-state index in [-0.39, 0.29) is 16.9 Å². The van der Waals surface area contributed by atoms with Crippen molar-refractivity contribution in [2.45, 2.75) is 10.9 Å². The van der Waals surface area contributed by atoms with Crippen LogP contribution in [0.1, 0.15) is 5.69 Å². The first kappa shape index (κ1) is 18.7. The summed E-state index contributed by atoms with van der Waals surface area (Å²) >= 11 is 2.62. The minimum Gasteiger partial charge on any atom is -0.269 e. The predicted octanol–water partition coefficient (Wildman–Crippen LogP) is 3.89. The van der Waals surface area contributed by atoms with Crippen LogP contribution in [0.4, 0.5) is 4.39 Å². The molecule has 0 atom stereocenters. The molecule has 4 heterocycles. The van der Waals surface area contributed by atoms with Gasteiger partial charge in [0.25, 0.3) is 11.1 Å². The molecule has 0 aliphatic heterocycles. The number of hydrogen-bond acceptors (Lipinski definition) is 6. The Kier molecular flexibility index (Phi) is 4.68. The van der Waals surface area contributed by atoms with Crippen molar-refractivity contribution in [2.24, 2.45) is 0 Å². The lowest BCUT2D eigenvalue weighted by atomic mass is 10.3. The molecule has 0 fully saturated rings. The van der Waals surface area contributed by atoms with E-state index in [1.165, 1.54) is 50.3 Å². The summed E-state index contributed by atoms with van der Waals surface area (Å²) in [6.45, 7) is 0. The molecule has 0 spiro atoms. The van der Waals surface area contributed by atoms with Gasteiger partial charge >= 0.3 is 0 Å². The first-order valence-electron chi connectivity index (χ1n) is 8.96. The second kappa shape index (κ2) is 7.51. The predicted molar refractivity (Wildman–Crippen MR) is 116 cm³/mol. The van der Waals surface area contributed by atoms with E-state index in [4.69, 9.17) is 0 Å². The first-order valence-corrected chi connectivity index (χ1v) is 10.8. The van der Waals surface area contributed by atoms with Gasteiger partial charge in [0.05, 0.1) is 16.9 Å². The Bertz CT molecular complexity index is 1510. The van der Waals surface area contributed by atoms with Crippen LogP contribution < -0.4 is 11.1 Å². The Morgan fingerprint density at radius 1 is 1.03 bits per heavy atom. The van der Waals surface area contributed by atoms with Crippen LogP contribution >= 0.6 is 23.1 Å². The van der Waals surface area contributed by atoms with Crippen LogP contribution in [0.5, 0.6) is 0 Å². The van der Waals surface area contributed by atoms with E-state index in [1.807, 2.05) is 11.4 Å². The van der Waals surface area contributed by atoms with Gasteiger partial charge in [-0.05, 0) is 47.8 Å². The first-order chi connectivity index (χ1) is 14.6. The number of aromatic nitrogens is 4. The number of hydrogen-bond donors (Lipinski definition) is 0. The Hall–Kier alpha value is -3.30. The molecule has 0 saturated heterocycles. The van der Waals surface area contributed by atoms with E-state index < -0.39 is 0 Å². The molecule has 9 heteroatoms. The fourth-order valence-electron chi connectivity index (χ4n) is 3.12. The summed E-state index contributed by atoms with van der Waals surface area (Å²) in [4.78, 5) is 34.6. The zero-order valence-electron chi connectivity index (χ0n) is 15.4. The van der Waals surface area contributed by atoms with Gasteiger partial charge in [-0.1, -0.05) is 17.8 Å². The molecular formula is C21H13FN4O2S2. The highest BCUT2D eigenvalue weighted by Crippen LogP contribution is 2.25. The molecule has 5 rings (SSSR count). The lowest BCUT2D eigenvalue weighted by Crippen LogP contribution is -2.21. The van der Waals surface area contributed by atoms with Crippen molar-refractivity contribution in [3.8, 4) is 5.69 Å². The fourth-order valence-corrected chi connectivity index (χ4v) is 4.79. The van der Waals surface area contributed by atoms with Crippen molar-refractivity contribution in [1.82, 2.24) is 18.9 Å². The molecule has 148 valence electrons. The van der Waals surface area contributed by atoms with Gasteiger partial charge in [-0.15, -0.1) is 11.3 Å². The molecule has 0 amide bonds. The minimum absolute atomic E-state index is 0.173. The smallest absolute Gasteiger partial charge is 0.269 e. The summed E-state index contributed by atoms with van der Waals surface area (Å²) in [5, 5.41) is 2.27. The molecule has 0 radical (unpaired) electrons. The SMILES string of the molecule is O=c1c2sccc2nc(SCc2cc(=O)n3ccccc3n2)n1-c1ccc(F)cc1. The molecule has 4 aromatic heterocycles. The molecule has 0 aliphatic rings. The highest BCUT2D eigenvalue weighted by Gasteiger charge is 2.15. The lowest BCUT2D eigenvalue weighted by Gasteiger charge is -2.12. The topological polar surface area (TPSA) is 69.3 Å². The fraction of sp³-hybridized carbons (Fsp3) is 0.0476. The maximum absolute atomic E-state index is 13.4. The third kappa shape index (κ3) is 3.31. The summed E-state index contributed by atoms with van der Waals surface area (Å²) in [5.41, 5.74) is 1.89. The van der Waals surface area contributed by atoms with Crippen molar-refractivity contribution in [1.29, 1.82) is 0 Å². The van der Waals surface area contributed by atoms with E-state index in [2.05, 4.69) is 9.97 Å². The van der Waals surface area contributed by atoms with Gasteiger partial charge in [-0.25, -0.2) is 14.4 Å². The van der Waals surface area contributed by atoms with E-state index in [0.717, 1.165) is 0 Å². The number of pyridine rings is 1. The van der Waals surface area contributed by atoms with Crippen molar-refractivity contribution in [3.05, 3.63) is 98.4 Å². The van der Waals surface area contributed by atoms with Crippen LogP contribution in [0.3, 0.4) is 0 Å². The zero-order chi connectivity index (χ0) is 20.7. The number of thiophene rings is 1. The van der Waals surface area contributed by atoms with Crippen LogP contribution in [-0.4, -0.2) is 18.9 Å². The van der Waals surface area contributed by atoms with E-state index in [0.29, 0.717) is 38.2 Å². The molecule has 1 aromatic carbocycles. The number of nitrogens with zero attached hydrogens (tertiary/aromatic N) is 4. The third-order valence-corrected chi connectivity index (χ3v) is 6.37. The van der Waals surface area contributed by atoms with Crippen molar-refractivity contribution >= 4 is 39.0 Å². The molecule has 5 aromatic rings. The number of fused-ring (bicyclic) bond motifs is 2. The van der Waals surface area contributed by atoms with Gasteiger partial charge < -0.3 is 0 Å². The highest BCUT2D eigenvalue weighted by molar-refractivity contribution is 7.98. The van der Waals surface area contributed by atoms with Crippen molar-refractivity contribution in [2.75, 3.05) is 0 Å². The largest absolute Gasteiger partial charge is 0.276 e. The summed E-state index contributed by atoms with van der Waals surface area (Å²) in [5.74, 6) is -0.0313. The van der Waals surface area contributed by atoms with Crippen LogP contribution in [0.25, 0.3) is 21.6 Å². The number of thioether (sulfide) groups is 1. The van der Waals surface area contributed by atoms with Crippen LogP contribution in [-0.2, 0) is 5.75 Å². The average molecular weight is 436 g/mol. The summed E-state index contributed by atoms with van der Waals surface area (Å²) in [7, 11) is 0. The van der Waals surface area contributed by atoms with Gasteiger partial charge in [-0.2, -0.15) is 0 Å². The molecule has 0 bridgehead atoms. The summed E-state index contributed by atoms with van der Waals surface area (Å²) < 4.78 is 16.9. The van der Waals surface area contributed by atoms with Gasteiger partial charge in [0.1, 0.15) is 16.2 Å². The Morgan fingerprint density at radius 2 is 1.87 bits per heavy atom.